The summed E-state index contributed by atoms with van der Waals surface area (Å²) in [6.07, 6.45) is 4.05. The molecule has 28 heavy (non-hydrogen) atoms. The van der Waals surface area contributed by atoms with Crippen LogP contribution in [0, 0.1) is 10.1 Å². The average molecular weight is 407 g/mol. The molecule has 1 atom stereocenters. The van der Waals surface area contributed by atoms with Crippen molar-refractivity contribution in [3.63, 3.8) is 0 Å². The first-order chi connectivity index (χ1) is 13.3. The van der Waals surface area contributed by atoms with Crippen molar-refractivity contribution >= 4 is 21.5 Å². The number of aromatic nitrogens is 2. The second-order valence-electron chi connectivity index (χ2n) is 6.58. The Morgan fingerprint density at radius 2 is 1.89 bits per heavy atom. The van der Waals surface area contributed by atoms with Crippen molar-refractivity contribution in [2.24, 2.45) is 0 Å². The smallest absolute Gasteiger partial charge is 0.269 e. The molecule has 10 nitrogen and oxygen atoms in total. The van der Waals surface area contributed by atoms with E-state index in [4.69, 9.17) is 4.74 Å². The topological polar surface area (TPSA) is 119 Å². The fraction of sp³-hybridized carbons (Fsp3) is 0.412. The zero-order chi connectivity index (χ0) is 20.3. The second kappa shape index (κ2) is 8.07. The van der Waals surface area contributed by atoms with Crippen molar-refractivity contribution in [2.75, 3.05) is 32.1 Å². The molecule has 2 aromatic rings. The number of nitro groups is 1. The van der Waals surface area contributed by atoms with E-state index in [2.05, 4.69) is 9.97 Å². The molecule has 1 aromatic heterocycles. The molecular weight excluding hydrogens is 386 g/mol. The van der Waals surface area contributed by atoms with E-state index in [0.29, 0.717) is 31.1 Å². The molecule has 1 saturated heterocycles. The minimum Gasteiger partial charge on any atom is -0.470 e. The SMILES string of the molecule is CN(C)c1nccnc1OC1CCCN(S(=O)(=O)c2ccc([N+](=O)[O-])cc2)C1. The van der Waals surface area contributed by atoms with E-state index in [-0.39, 0.29) is 23.2 Å². The predicted octanol–water partition coefficient (Wildman–Crippen LogP) is 1.68. The Morgan fingerprint density at radius 1 is 1.21 bits per heavy atom. The van der Waals surface area contributed by atoms with Gasteiger partial charge in [-0.1, -0.05) is 0 Å². The Kier molecular flexibility index (Phi) is 5.75. The van der Waals surface area contributed by atoms with Gasteiger partial charge >= 0.3 is 0 Å². The highest BCUT2D eigenvalue weighted by Gasteiger charge is 2.32. The zero-order valence-corrected chi connectivity index (χ0v) is 16.4. The van der Waals surface area contributed by atoms with E-state index >= 15 is 0 Å². The summed E-state index contributed by atoms with van der Waals surface area (Å²) in [6, 6.07) is 4.89. The molecule has 2 heterocycles. The second-order valence-corrected chi connectivity index (χ2v) is 8.51. The standard InChI is InChI=1S/C17H21N5O5S/c1-20(2)16-17(19-10-9-18-16)27-14-4-3-11-21(12-14)28(25,26)15-7-5-13(6-8-15)22(23)24/h5-10,14H,3-4,11-12H2,1-2H3. The van der Waals surface area contributed by atoms with Crippen molar-refractivity contribution in [2.45, 2.75) is 23.8 Å². The third kappa shape index (κ3) is 4.20. The quantitative estimate of drug-likeness (QED) is 0.524. The first-order valence-electron chi connectivity index (χ1n) is 8.68. The summed E-state index contributed by atoms with van der Waals surface area (Å²) in [6.45, 7) is 0.531. The number of ether oxygens (including phenoxy) is 1. The van der Waals surface area contributed by atoms with Gasteiger partial charge in [0.15, 0.2) is 5.82 Å². The molecule has 0 aliphatic carbocycles. The Labute approximate surface area is 163 Å². The minimum absolute atomic E-state index is 0.0206. The molecule has 0 amide bonds. The molecule has 1 fully saturated rings. The van der Waals surface area contributed by atoms with Crippen LogP contribution in [-0.4, -0.2) is 60.9 Å². The zero-order valence-electron chi connectivity index (χ0n) is 15.6. The molecule has 0 saturated carbocycles. The highest BCUT2D eigenvalue weighted by atomic mass is 32.2. The lowest BCUT2D eigenvalue weighted by atomic mass is 10.1. The molecule has 0 radical (unpaired) electrons. The van der Waals surface area contributed by atoms with Crippen LogP contribution < -0.4 is 9.64 Å². The lowest BCUT2D eigenvalue weighted by Gasteiger charge is -2.32. The van der Waals surface area contributed by atoms with E-state index in [0.717, 1.165) is 0 Å². The van der Waals surface area contributed by atoms with Crippen LogP contribution in [-0.2, 0) is 10.0 Å². The number of anilines is 1. The monoisotopic (exact) mass is 407 g/mol. The van der Waals surface area contributed by atoms with Gasteiger partial charge in [-0.15, -0.1) is 0 Å². The fourth-order valence-electron chi connectivity index (χ4n) is 2.97. The Balaban J connectivity index is 1.76. The van der Waals surface area contributed by atoms with Crippen LogP contribution in [0.3, 0.4) is 0 Å². The van der Waals surface area contributed by atoms with Gasteiger partial charge in [-0.25, -0.2) is 18.4 Å². The van der Waals surface area contributed by atoms with E-state index in [9.17, 15) is 18.5 Å². The van der Waals surface area contributed by atoms with Gasteiger partial charge < -0.3 is 9.64 Å². The van der Waals surface area contributed by atoms with Crippen LogP contribution in [0.1, 0.15) is 12.8 Å². The van der Waals surface area contributed by atoms with Crippen molar-refractivity contribution < 1.29 is 18.1 Å². The van der Waals surface area contributed by atoms with Gasteiger partial charge in [-0.3, -0.25) is 10.1 Å². The van der Waals surface area contributed by atoms with Crippen molar-refractivity contribution in [3.05, 3.63) is 46.8 Å². The number of nitrogens with zero attached hydrogens (tertiary/aromatic N) is 5. The maximum atomic E-state index is 12.9. The Bertz CT molecular complexity index is 949. The number of non-ortho nitro benzene ring substituents is 1. The molecule has 1 aliphatic heterocycles. The highest BCUT2D eigenvalue weighted by Crippen LogP contribution is 2.27. The minimum atomic E-state index is -3.77. The van der Waals surface area contributed by atoms with Crippen LogP contribution in [0.15, 0.2) is 41.6 Å². The third-order valence-electron chi connectivity index (χ3n) is 4.37. The van der Waals surface area contributed by atoms with E-state index < -0.39 is 14.9 Å². The maximum Gasteiger partial charge on any atom is 0.269 e. The van der Waals surface area contributed by atoms with E-state index in [1.165, 1.54) is 34.8 Å². The molecule has 1 aliphatic rings. The number of piperidine rings is 1. The third-order valence-corrected chi connectivity index (χ3v) is 6.25. The molecule has 3 rings (SSSR count). The molecule has 1 unspecified atom stereocenters. The summed E-state index contributed by atoms with van der Waals surface area (Å²) in [5, 5.41) is 10.8. The predicted molar refractivity (Wildman–Crippen MR) is 102 cm³/mol. The Morgan fingerprint density at radius 3 is 2.54 bits per heavy atom. The molecule has 0 spiro atoms. The summed E-state index contributed by atoms with van der Waals surface area (Å²) in [5.74, 6) is 0.921. The maximum absolute atomic E-state index is 12.9. The van der Waals surface area contributed by atoms with Crippen molar-refractivity contribution in [3.8, 4) is 5.88 Å². The first kappa shape index (κ1) is 20.0. The lowest BCUT2D eigenvalue weighted by Crippen LogP contribution is -2.44. The highest BCUT2D eigenvalue weighted by molar-refractivity contribution is 7.89. The van der Waals surface area contributed by atoms with Gasteiger partial charge in [0.1, 0.15) is 6.10 Å². The molecule has 0 N–H and O–H groups in total. The van der Waals surface area contributed by atoms with Crippen LogP contribution in [0.5, 0.6) is 5.88 Å². The fourth-order valence-corrected chi connectivity index (χ4v) is 4.48. The van der Waals surface area contributed by atoms with E-state index in [1.807, 2.05) is 14.1 Å². The number of rotatable bonds is 6. The summed E-state index contributed by atoms with van der Waals surface area (Å²) < 4.78 is 33.1. The van der Waals surface area contributed by atoms with Crippen LogP contribution >= 0.6 is 0 Å². The van der Waals surface area contributed by atoms with Gasteiger partial charge in [-0.2, -0.15) is 4.31 Å². The van der Waals surface area contributed by atoms with Crippen molar-refractivity contribution in [1.29, 1.82) is 0 Å². The molecule has 11 heteroatoms. The number of hydrogen-bond acceptors (Lipinski definition) is 8. The average Bonchev–Trinajstić information content (AvgIpc) is 2.68. The van der Waals surface area contributed by atoms with Crippen LogP contribution in [0.4, 0.5) is 11.5 Å². The molecule has 1 aromatic carbocycles. The van der Waals surface area contributed by atoms with Gasteiger partial charge in [0, 0.05) is 45.2 Å². The Hall–Kier alpha value is -2.79. The molecule has 0 bridgehead atoms. The van der Waals surface area contributed by atoms with Gasteiger partial charge in [-0.05, 0) is 25.0 Å². The number of nitro benzene ring substituents is 1. The number of hydrogen-bond donors (Lipinski definition) is 0. The van der Waals surface area contributed by atoms with Crippen molar-refractivity contribution in [1.82, 2.24) is 14.3 Å². The summed E-state index contributed by atoms with van der Waals surface area (Å²) >= 11 is 0. The lowest BCUT2D eigenvalue weighted by molar-refractivity contribution is -0.384. The number of sulfonamides is 1. The largest absolute Gasteiger partial charge is 0.470 e. The summed E-state index contributed by atoms with van der Waals surface area (Å²) in [7, 11) is -0.127. The van der Waals surface area contributed by atoms with Crippen LogP contribution in [0.25, 0.3) is 0 Å². The summed E-state index contributed by atoms with van der Waals surface area (Å²) in [4.78, 5) is 20.4. The normalized spacial score (nSPS) is 17.9. The van der Waals surface area contributed by atoms with Gasteiger partial charge in [0.25, 0.3) is 11.6 Å². The number of benzene rings is 1. The van der Waals surface area contributed by atoms with Crippen LogP contribution in [0.2, 0.25) is 0 Å². The summed E-state index contributed by atoms with van der Waals surface area (Å²) in [5.41, 5.74) is -0.155. The molecular formula is C17H21N5O5S. The van der Waals surface area contributed by atoms with Gasteiger partial charge in [0.05, 0.1) is 16.4 Å². The van der Waals surface area contributed by atoms with E-state index in [1.54, 1.807) is 11.1 Å². The van der Waals surface area contributed by atoms with Gasteiger partial charge in [0.2, 0.25) is 10.0 Å². The first-order valence-corrected chi connectivity index (χ1v) is 10.1. The molecule has 150 valence electrons.